The van der Waals surface area contributed by atoms with Crippen molar-refractivity contribution in [1.82, 2.24) is 0 Å². The first kappa shape index (κ1) is 12.5. The van der Waals surface area contributed by atoms with Crippen LogP contribution in [0, 0.1) is 0 Å². The molecule has 2 N–H and O–H groups in total. The number of rotatable bonds is 6. The molecule has 0 saturated carbocycles. The third-order valence-electron chi connectivity index (χ3n) is 2.68. The van der Waals surface area contributed by atoms with Crippen LogP contribution in [0.25, 0.3) is 0 Å². The third-order valence-corrected chi connectivity index (χ3v) is 2.68. The van der Waals surface area contributed by atoms with Crippen LogP contribution in [0.5, 0.6) is 5.75 Å². The number of nitrogens with two attached hydrogens (primary N) is 1. The lowest BCUT2D eigenvalue weighted by Crippen LogP contribution is -2.35. The summed E-state index contributed by atoms with van der Waals surface area (Å²) >= 11 is 0. The fourth-order valence-electron chi connectivity index (χ4n) is 1.76. The van der Waals surface area contributed by atoms with E-state index in [4.69, 9.17) is 10.5 Å². The van der Waals surface area contributed by atoms with Gasteiger partial charge in [0, 0.05) is 5.54 Å². The van der Waals surface area contributed by atoms with E-state index >= 15 is 0 Å². The lowest BCUT2D eigenvalue weighted by Gasteiger charge is -2.27. The Hall–Kier alpha value is -1.54. The van der Waals surface area contributed by atoms with Gasteiger partial charge >= 0.3 is 0 Å². The van der Waals surface area contributed by atoms with E-state index in [9.17, 15) is 0 Å². The fourth-order valence-corrected chi connectivity index (χ4v) is 1.76. The van der Waals surface area contributed by atoms with E-state index in [1.165, 1.54) is 0 Å². The number of ether oxygens (including phenoxy) is 1. The van der Waals surface area contributed by atoms with Crippen LogP contribution in [0.1, 0.15) is 18.4 Å². The Balaban J connectivity index is 3.00. The number of benzene rings is 1. The molecule has 86 valence electrons. The molecule has 0 atom stereocenters. The fraction of sp³-hybridized carbons (Fsp3) is 0.286. The molecule has 2 heteroatoms. The van der Waals surface area contributed by atoms with Crippen LogP contribution in [0.2, 0.25) is 0 Å². The van der Waals surface area contributed by atoms with Crippen LogP contribution in [-0.4, -0.2) is 7.11 Å². The number of hydrogen-bond donors (Lipinski definition) is 1. The van der Waals surface area contributed by atoms with Gasteiger partial charge in [-0.3, -0.25) is 0 Å². The summed E-state index contributed by atoms with van der Waals surface area (Å²) in [5, 5.41) is 0. The molecule has 1 rings (SSSR count). The molecule has 0 aliphatic carbocycles. The predicted octanol–water partition coefficient (Wildman–Crippen LogP) is 3.00. The molecule has 1 aromatic rings. The minimum Gasteiger partial charge on any atom is -0.497 e. The Morgan fingerprint density at radius 2 is 1.69 bits per heavy atom. The predicted molar refractivity (Wildman–Crippen MR) is 68.5 cm³/mol. The second-order valence-corrected chi connectivity index (χ2v) is 3.87. The van der Waals surface area contributed by atoms with Gasteiger partial charge in [-0.2, -0.15) is 0 Å². The zero-order valence-corrected chi connectivity index (χ0v) is 9.78. The molecule has 1 aromatic carbocycles. The van der Waals surface area contributed by atoms with E-state index in [2.05, 4.69) is 13.2 Å². The summed E-state index contributed by atoms with van der Waals surface area (Å²) in [5.74, 6) is 0.836. The summed E-state index contributed by atoms with van der Waals surface area (Å²) in [6, 6.07) is 7.82. The van der Waals surface area contributed by atoms with Crippen molar-refractivity contribution in [2.45, 2.75) is 18.4 Å². The average molecular weight is 217 g/mol. The van der Waals surface area contributed by atoms with Crippen molar-refractivity contribution in [3.8, 4) is 5.75 Å². The van der Waals surface area contributed by atoms with Crippen molar-refractivity contribution in [3.05, 3.63) is 55.1 Å². The molecule has 0 radical (unpaired) electrons. The first-order valence-corrected chi connectivity index (χ1v) is 5.31. The zero-order chi connectivity index (χ0) is 12.0. The molecule has 0 aliphatic heterocycles. The third kappa shape index (κ3) is 2.74. The summed E-state index contributed by atoms with van der Waals surface area (Å²) in [6.07, 6.45) is 5.14. The first-order chi connectivity index (χ1) is 7.66. The summed E-state index contributed by atoms with van der Waals surface area (Å²) in [7, 11) is 1.65. The molecular weight excluding hydrogens is 198 g/mol. The molecule has 0 fully saturated rings. The quantitative estimate of drug-likeness (QED) is 0.743. The topological polar surface area (TPSA) is 35.2 Å². The molecule has 0 spiro atoms. The van der Waals surface area contributed by atoms with Gasteiger partial charge in [0.2, 0.25) is 0 Å². The van der Waals surface area contributed by atoms with Gasteiger partial charge in [0.25, 0.3) is 0 Å². The summed E-state index contributed by atoms with van der Waals surface area (Å²) in [5.41, 5.74) is 7.02. The average Bonchev–Trinajstić information content (AvgIpc) is 2.30. The molecular formula is C14H19NO. The summed E-state index contributed by atoms with van der Waals surface area (Å²) in [6.45, 7) is 7.50. The molecule has 0 saturated heterocycles. The lowest BCUT2D eigenvalue weighted by atomic mass is 9.84. The Morgan fingerprint density at radius 3 is 2.06 bits per heavy atom. The zero-order valence-electron chi connectivity index (χ0n) is 9.78. The Kier molecular flexibility index (Phi) is 4.32. The maximum absolute atomic E-state index is 6.35. The standard InChI is InChI=1S/C14H19NO/c1-4-10-14(15,11-5-2)12-6-8-13(16-3)9-7-12/h4-9H,1-2,10-11,15H2,3H3. The van der Waals surface area contributed by atoms with E-state index in [1.54, 1.807) is 7.11 Å². The van der Waals surface area contributed by atoms with Crippen molar-refractivity contribution < 1.29 is 4.74 Å². The van der Waals surface area contributed by atoms with E-state index < -0.39 is 5.54 Å². The minimum atomic E-state index is -0.407. The minimum absolute atomic E-state index is 0.407. The summed E-state index contributed by atoms with van der Waals surface area (Å²) < 4.78 is 5.12. The van der Waals surface area contributed by atoms with Gasteiger partial charge in [0.15, 0.2) is 0 Å². The highest BCUT2D eigenvalue weighted by Crippen LogP contribution is 2.28. The highest BCUT2D eigenvalue weighted by Gasteiger charge is 2.24. The molecule has 2 nitrogen and oxygen atoms in total. The maximum Gasteiger partial charge on any atom is 0.118 e. The van der Waals surface area contributed by atoms with Crippen LogP contribution in [0.4, 0.5) is 0 Å². The highest BCUT2D eigenvalue weighted by molar-refractivity contribution is 5.32. The van der Waals surface area contributed by atoms with E-state index in [1.807, 2.05) is 36.4 Å². The Labute approximate surface area is 97.4 Å². The van der Waals surface area contributed by atoms with Gasteiger partial charge in [-0.05, 0) is 30.5 Å². The molecule has 0 amide bonds. The van der Waals surface area contributed by atoms with Crippen molar-refractivity contribution in [3.63, 3.8) is 0 Å². The largest absolute Gasteiger partial charge is 0.497 e. The van der Waals surface area contributed by atoms with Crippen molar-refractivity contribution >= 4 is 0 Å². The van der Waals surface area contributed by atoms with Crippen LogP contribution in [0.3, 0.4) is 0 Å². The first-order valence-electron chi connectivity index (χ1n) is 5.31. The molecule has 0 bridgehead atoms. The normalized spacial score (nSPS) is 10.9. The Morgan fingerprint density at radius 1 is 1.19 bits per heavy atom. The van der Waals surface area contributed by atoms with Gasteiger partial charge < -0.3 is 10.5 Å². The van der Waals surface area contributed by atoms with Crippen LogP contribution in [0.15, 0.2) is 49.6 Å². The van der Waals surface area contributed by atoms with Crippen molar-refractivity contribution in [2.75, 3.05) is 7.11 Å². The van der Waals surface area contributed by atoms with Crippen molar-refractivity contribution in [2.24, 2.45) is 5.73 Å². The molecule has 0 aliphatic rings. The Bertz CT molecular complexity index is 344. The van der Waals surface area contributed by atoms with Gasteiger partial charge in [0.05, 0.1) is 7.11 Å². The SMILES string of the molecule is C=CCC(N)(CC=C)c1ccc(OC)cc1. The molecule has 0 heterocycles. The molecule has 0 aromatic heterocycles. The van der Waals surface area contributed by atoms with Gasteiger partial charge in [-0.15, -0.1) is 13.2 Å². The number of hydrogen-bond acceptors (Lipinski definition) is 2. The van der Waals surface area contributed by atoms with E-state index in [0.29, 0.717) is 0 Å². The van der Waals surface area contributed by atoms with Crippen LogP contribution in [-0.2, 0) is 5.54 Å². The monoisotopic (exact) mass is 217 g/mol. The van der Waals surface area contributed by atoms with E-state index in [-0.39, 0.29) is 0 Å². The lowest BCUT2D eigenvalue weighted by molar-refractivity contribution is 0.412. The molecule has 0 unspecified atom stereocenters. The highest BCUT2D eigenvalue weighted by atomic mass is 16.5. The number of methoxy groups -OCH3 is 1. The van der Waals surface area contributed by atoms with E-state index in [0.717, 1.165) is 24.2 Å². The van der Waals surface area contributed by atoms with Gasteiger partial charge in [-0.25, -0.2) is 0 Å². The smallest absolute Gasteiger partial charge is 0.118 e. The van der Waals surface area contributed by atoms with Crippen molar-refractivity contribution in [1.29, 1.82) is 0 Å². The molecule has 16 heavy (non-hydrogen) atoms. The summed E-state index contributed by atoms with van der Waals surface area (Å²) in [4.78, 5) is 0. The maximum atomic E-state index is 6.35. The second kappa shape index (κ2) is 5.52. The van der Waals surface area contributed by atoms with Gasteiger partial charge in [-0.1, -0.05) is 24.3 Å². The second-order valence-electron chi connectivity index (χ2n) is 3.87. The van der Waals surface area contributed by atoms with Crippen LogP contribution >= 0.6 is 0 Å². The van der Waals surface area contributed by atoms with Crippen LogP contribution < -0.4 is 10.5 Å². The van der Waals surface area contributed by atoms with Gasteiger partial charge in [0.1, 0.15) is 5.75 Å².